The van der Waals surface area contributed by atoms with Gasteiger partial charge in [0.1, 0.15) is 18.0 Å². The van der Waals surface area contributed by atoms with E-state index in [0.29, 0.717) is 34.3 Å². The Morgan fingerprint density at radius 1 is 1.07 bits per heavy atom. The second-order valence-electron chi connectivity index (χ2n) is 9.60. The van der Waals surface area contributed by atoms with Crippen LogP contribution in [0.15, 0.2) is 48.8 Å². The van der Waals surface area contributed by atoms with Crippen LogP contribution in [-0.4, -0.2) is 48.3 Å². The van der Waals surface area contributed by atoms with E-state index in [0.717, 1.165) is 22.2 Å². The Kier molecular flexibility index (Phi) is 8.04. The van der Waals surface area contributed by atoms with Crippen molar-refractivity contribution in [2.24, 2.45) is 0 Å². The number of halogens is 3. The molecule has 3 N–H and O–H groups in total. The molecule has 0 spiro atoms. The van der Waals surface area contributed by atoms with Gasteiger partial charge in [0.25, 0.3) is 5.91 Å². The molecule has 5 rings (SSSR count). The summed E-state index contributed by atoms with van der Waals surface area (Å²) in [6.07, 6.45) is 2.05. The van der Waals surface area contributed by atoms with E-state index in [9.17, 15) is 14.7 Å². The smallest absolute Gasteiger partial charge is 0.335 e. The van der Waals surface area contributed by atoms with Gasteiger partial charge in [0.2, 0.25) is 0 Å². The number of aryl methyl sites for hydroxylation is 3. The van der Waals surface area contributed by atoms with Gasteiger partial charge in [-0.05, 0) is 67.3 Å². The SMILES string of the molecule is CCc1cc(C(CNC(=O)c2c(Cl)cc(-n3cnc(C)n3)cc2Cl)c2nc3c(C)cc(Cl)cc3[nH]2)ccc1C(=O)O. The van der Waals surface area contributed by atoms with Crippen LogP contribution in [0.25, 0.3) is 16.7 Å². The van der Waals surface area contributed by atoms with Crippen molar-refractivity contribution in [2.75, 3.05) is 6.54 Å². The first-order valence-electron chi connectivity index (χ1n) is 12.7. The number of benzene rings is 3. The van der Waals surface area contributed by atoms with E-state index in [4.69, 9.17) is 39.8 Å². The number of aromatic carboxylic acids is 1. The largest absolute Gasteiger partial charge is 0.478 e. The van der Waals surface area contributed by atoms with Crippen LogP contribution < -0.4 is 5.32 Å². The number of imidazole rings is 1. The molecule has 0 aliphatic rings. The molecule has 210 valence electrons. The minimum Gasteiger partial charge on any atom is -0.478 e. The normalized spacial score (nSPS) is 12.0. The molecule has 12 heteroatoms. The summed E-state index contributed by atoms with van der Waals surface area (Å²) in [5.74, 6) is -0.756. The average molecular weight is 612 g/mol. The Hall–Kier alpha value is -3.92. The molecule has 0 bridgehead atoms. The van der Waals surface area contributed by atoms with Crippen molar-refractivity contribution >= 4 is 57.7 Å². The van der Waals surface area contributed by atoms with Gasteiger partial charge < -0.3 is 15.4 Å². The summed E-state index contributed by atoms with van der Waals surface area (Å²) >= 11 is 19.3. The molecule has 0 aliphatic carbocycles. The first-order valence-corrected chi connectivity index (χ1v) is 13.9. The topological polar surface area (TPSA) is 126 Å². The predicted molar refractivity (Wildman–Crippen MR) is 159 cm³/mol. The number of carboxylic acids is 1. The third kappa shape index (κ3) is 5.79. The molecule has 41 heavy (non-hydrogen) atoms. The summed E-state index contributed by atoms with van der Waals surface area (Å²) < 4.78 is 1.52. The Balaban J connectivity index is 1.50. The van der Waals surface area contributed by atoms with Crippen LogP contribution >= 0.6 is 34.8 Å². The minimum absolute atomic E-state index is 0.121. The predicted octanol–water partition coefficient (Wildman–Crippen LogP) is 6.54. The number of hydrogen-bond acceptors (Lipinski definition) is 5. The fraction of sp³-hybridized carbons (Fsp3) is 0.207. The number of hydrogen-bond donors (Lipinski definition) is 3. The maximum atomic E-state index is 13.4. The molecule has 5 aromatic rings. The number of aromatic nitrogens is 5. The molecule has 0 fully saturated rings. The summed E-state index contributed by atoms with van der Waals surface area (Å²) in [5, 5.41) is 17.7. The lowest BCUT2D eigenvalue weighted by molar-refractivity contribution is 0.0695. The van der Waals surface area contributed by atoms with Crippen molar-refractivity contribution in [3.63, 3.8) is 0 Å². The summed E-state index contributed by atoms with van der Waals surface area (Å²) in [6.45, 7) is 5.69. The number of carbonyl (C=O) groups excluding carboxylic acids is 1. The summed E-state index contributed by atoms with van der Waals surface area (Å²) in [4.78, 5) is 37.4. The first-order chi connectivity index (χ1) is 19.5. The van der Waals surface area contributed by atoms with Gasteiger partial charge >= 0.3 is 5.97 Å². The highest BCUT2D eigenvalue weighted by Crippen LogP contribution is 2.31. The number of carboxylic acid groups (broad SMARTS) is 1. The van der Waals surface area contributed by atoms with Crippen molar-refractivity contribution in [3.8, 4) is 5.69 Å². The van der Waals surface area contributed by atoms with Crippen LogP contribution in [0, 0.1) is 13.8 Å². The fourth-order valence-electron chi connectivity index (χ4n) is 4.80. The third-order valence-corrected chi connectivity index (χ3v) is 7.64. The molecule has 1 unspecified atom stereocenters. The van der Waals surface area contributed by atoms with Crippen molar-refractivity contribution in [2.45, 2.75) is 33.1 Å². The van der Waals surface area contributed by atoms with Gasteiger partial charge in [-0.3, -0.25) is 4.79 Å². The molecule has 1 atom stereocenters. The average Bonchev–Trinajstić information content (AvgIpc) is 3.54. The molecule has 3 aromatic carbocycles. The van der Waals surface area contributed by atoms with E-state index < -0.39 is 17.8 Å². The minimum atomic E-state index is -0.999. The first kappa shape index (κ1) is 28.6. The number of rotatable bonds is 8. The molecule has 0 saturated carbocycles. The molecule has 9 nitrogen and oxygen atoms in total. The molecule has 1 amide bonds. The molecule has 2 heterocycles. The number of nitrogens with zero attached hydrogens (tertiary/aromatic N) is 4. The number of amides is 1. The van der Waals surface area contributed by atoms with Crippen LogP contribution in [0.5, 0.6) is 0 Å². The van der Waals surface area contributed by atoms with Gasteiger partial charge in [-0.1, -0.05) is 53.9 Å². The summed E-state index contributed by atoms with van der Waals surface area (Å²) in [7, 11) is 0. The van der Waals surface area contributed by atoms with Crippen LogP contribution in [0.2, 0.25) is 15.1 Å². The van der Waals surface area contributed by atoms with E-state index in [1.807, 2.05) is 26.0 Å². The van der Waals surface area contributed by atoms with E-state index >= 15 is 0 Å². The van der Waals surface area contributed by atoms with Gasteiger partial charge in [0.15, 0.2) is 0 Å². The number of fused-ring (bicyclic) bond motifs is 1. The van der Waals surface area contributed by atoms with Gasteiger partial charge in [-0.2, -0.15) is 5.10 Å². The van der Waals surface area contributed by atoms with Crippen molar-refractivity contribution in [3.05, 3.63) is 103 Å². The van der Waals surface area contributed by atoms with Crippen LogP contribution in [-0.2, 0) is 6.42 Å². The monoisotopic (exact) mass is 610 g/mol. The van der Waals surface area contributed by atoms with Crippen molar-refractivity contribution in [1.82, 2.24) is 30.0 Å². The number of aromatic amines is 1. The molecule has 2 aromatic heterocycles. The van der Waals surface area contributed by atoms with E-state index in [1.54, 1.807) is 37.3 Å². The third-order valence-electron chi connectivity index (χ3n) is 6.82. The molecule has 0 aliphatic heterocycles. The van der Waals surface area contributed by atoms with Gasteiger partial charge in [-0.15, -0.1) is 0 Å². The van der Waals surface area contributed by atoms with Gasteiger partial charge in [0, 0.05) is 11.6 Å². The molecule has 0 radical (unpaired) electrons. The number of H-pyrrole nitrogens is 1. The lowest BCUT2D eigenvalue weighted by atomic mass is 9.93. The lowest BCUT2D eigenvalue weighted by Crippen LogP contribution is -2.30. The van der Waals surface area contributed by atoms with Gasteiger partial charge in [-0.25, -0.2) is 19.4 Å². The van der Waals surface area contributed by atoms with Crippen LogP contribution in [0.4, 0.5) is 0 Å². The fourth-order valence-corrected chi connectivity index (χ4v) is 5.72. The van der Waals surface area contributed by atoms with Crippen molar-refractivity contribution < 1.29 is 14.7 Å². The van der Waals surface area contributed by atoms with Crippen LogP contribution in [0.1, 0.15) is 61.9 Å². The lowest BCUT2D eigenvalue weighted by Gasteiger charge is -2.19. The van der Waals surface area contributed by atoms with E-state index in [-0.39, 0.29) is 27.7 Å². The zero-order chi connectivity index (χ0) is 29.4. The molecule has 0 saturated heterocycles. The molecular weight excluding hydrogens is 587 g/mol. The zero-order valence-corrected chi connectivity index (χ0v) is 24.6. The second-order valence-corrected chi connectivity index (χ2v) is 10.9. The quantitative estimate of drug-likeness (QED) is 0.183. The van der Waals surface area contributed by atoms with E-state index in [2.05, 4.69) is 20.4 Å². The summed E-state index contributed by atoms with van der Waals surface area (Å²) in [5.41, 5.74) is 4.78. The Morgan fingerprint density at radius 3 is 2.44 bits per heavy atom. The summed E-state index contributed by atoms with van der Waals surface area (Å²) in [6, 6.07) is 12.0. The Bertz CT molecular complexity index is 1790. The number of nitrogens with one attached hydrogen (secondary N) is 2. The highest BCUT2D eigenvalue weighted by molar-refractivity contribution is 6.40. The highest BCUT2D eigenvalue weighted by Gasteiger charge is 2.24. The maximum absolute atomic E-state index is 13.4. The molecular formula is C29H25Cl3N6O3. The van der Waals surface area contributed by atoms with Crippen molar-refractivity contribution in [1.29, 1.82) is 0 Å². The maximum Gasteiger partial charge on any atom is 0.335 e. The highest BCUT2D eigenvalue weighted by atomic mass is 35.5. The van der Waals surface area contributed by atoms with Crippen LogP contribution in [0.3, 0.4) is 0 Å². The number of carbonyl (C=O) groups is 2. The standard InChI is InChI=1S/C29H25Cl3N6O3/c1-4-16-8-17(5-6-20(16)29(40)41)21(27-35-24-9-18(30)7-14(2)26(24)36-27)12-33-28(39)25-22(31)10-19(11-23(25)32)38-13-34-15(3)37-38/h5-11,13,21H,4,12H2,1-3H3,(H,33,39)(H,35,36)(H,40,41). The zero-order valence-electron chi connectivity index (χ0n) is 22.3. The second kappa shape index (κ2) is 11.5. The Labute approximate surface area is 250 Å². The van der Waals surface area contributed by atoms with Gasteiger partial charge in [0.05, 0.1) is 43.8 Å². The Morgan fingerprint density at radius 2 is 1.80 bits per heavy atom. The van der Waals surface area contributed by atoms with E-state index in [1.165, 1.54) is 11.0 Å².